The van der Waals surface area contributed by atoms with Gasteiger partial charge in [-0.05, 0) is 44.7 Å². The van der Waals surface area contributed by atoms with E-state index in [-0.39, 0.29) is 17.9 Å². The predicted molar refractivity (Wildman–Crippen MR) is 93.5 cm³/mol. The Hall–Kier alpha value is -2.15. The highest BCUT2D eigenvalue weighted by Crippen LogP contribution is 2.26. The van der Waals surface area contributed by atoms with E-state index in [1.165, 1.54) is 0 Å². The molecule has 0 bridgehead atoms. The molecule has 2 aromatic heterocycles. The number of oxazole rings is 1. The van der Waals surface area contributed by atoms with Crippen LogP contribution in [0.2, 0.25) is 0 Å². The zero-order valence-electron chi connectivity index (χ0n) is 14.5. The molecule has 2 aliphatic heterocycles. The lowest BCUT2D eigenvalue weighted by molar-refractivity contribution is -0.126. The van der Waals surface area contributed by atoms with Crippen molar-refractivity contribution in [1.29, 1.82) is 0 Å². The zero-order valence-corrected chi connectivity index (χ0v) is 14.5. The summed E-state index contributed by atoms with van der Waals surface area (Å²) in [6.45, 7) is 4.98. The van der Waals surface area contributed by atoms with Gasteiger partial charge in [-0.1, -0.05) is 0 Å². The van der Waals surface area contributed by atoms with Gasteiger partial charge in [0.2, 0.25) is 11.6 Å². The minimum Gasteiger partial charge on any atom is -0.422 e. The molecule has 1 amide bonds. The predicted octanol–water partition coefficient (Wildman–Crippen LogP) is 2.04. The third-order valence-corrected chi connectivity index (χ3v) is 5.09. The first-order chi connectivity index (χ1) is 12.2. The third kappa shape index (κ3) is 3.61. The summed E-state index contributed by atoms with van der Waals surface area (Å²) < 4.78 is 11.2. The number of aryl methyl sites for hydroxylation is 1. The van der Waals surface area contributed by atoms with Crippen molar-refractivity contribution >= 4 is 23.2 Å². The number of fused-ring (bicyclic) bond motifs is 1. The normalized spacial score (nSPS) is 20.1. The van der Waals surface area contributed by atoms with Gasteiger partial charge in [0.1, 0.15) is 0 Å². The molecule has 2 aliphatic rings. The van der Waals surface area contributed by atoms with E-state index in [1.54, 1.807) is 0 Å². The molecule has 4 heterocycles. The number of ether oxygens (including phenoxy) is 1. The van der Waals surface area contributed by atoms with Crippen molar-refractivity contribution in [2.45, 2.75) is 38.6 Å². The number of nitrogens with one attached hydrogen (secondary N) is 1. The van der Waals surface area contributed by atoms with E-state index >= 15 is 0 Å². The second kappa shape index (κ2) is 7.00. The summed E-state index contributed by atoms with van der Waals surface area (Å²) in [5.74, 6) is 0.255. The topological polar surface area (TPSA) is 80.5 Å². The number of aromatic nitrogens is 2. The van der Waals surface area contributed by atoms with Crippen molar-refractivity contribution in [3.63, 3.8) is 0 Å². The van der Waals surface area contributed by atoms with Crippen molar-refractivity contribution in [3.8, 4) is 0 Å². The van der Waals surface area contributed by atoms with Crippen LogP contribution in [0.15, 0.2) is 16.5 Å². The molecule has 0 radical (unpaired) electrons. The number of pyridine rings is 1. The van der Waals surface area contributed by atoms with E-state index in [2.05, 4.69) is 20.2 Å². The molecule has 25 heavy (non-hydrogen) atoms. The molecular formula is C18H24N4O3. The highest BCUT2D eigenvalue weighted by Gasteiger charge is 2.28. The van der Waals surface area contributed by atoms with Crippen molar-refractivity contribution in [3.05, 3.63) is 17.8 Å². The van der Waals surface area contributed by atoms with E-state index in [0.29, 0.717) is 17.2 Å². The summed E-state index contributed by atoms with van der Waals surface area (Å²) in [7, 11) is 0. The third-order valence-electron chi connectivity index (χ3n) is 5.09. The fraction of sp³-hybridized carbons (Fsp3) is 0.611. The first-order valence-corrected chi connectivity index (χ1v) is 9.06. The molecule has 1 N–H and O–H groups in total. The van der Waals surface area contributed by atoms with Gasteiger partial charge in [0.15, 0.2) is 5.58 Å². The molecule has 2 aromatic rings. The second-order valence-electron chi connectivity index (χ2n) is 6.93. The van der Waals surface area contributed by atoms with Crippen LogP contribution < -0.4 is 10.2 Å². The average molecular weight is 344 g/mol. The van der Waals surface area contributed by atoms with Crippen LogP contribution in [0.1, 0.15) is 31.4 Å². The first kappa shape index (κ1) is 16.3. The van der Waals surface area contributed by atoms with Crippen molar-refractivity contribution < 1.29 is 13.9 Å². The number of hydrogen-bond acceptors (Lipinski definition) is 6. The summed E-state index contributed by atoms with van der Waals surface area (Å²) in [5, 5.41) is 3.18. The maximum Gasteiger partial charge on any atom is 0.299 e. The number of carbonyl (C=O) groups excluding carboxylic acids is 1. The van der Waals surface area contributed by atoms with E-state index < -0.39 is 0 Å². The van der Waals surface area contributed by atoms with Gasteiger partial charge in [-0.15, -0.1) is 0 Å². The summed E-state index contributed by atoms with van der Waals surface area (Å²) in [6.07, 6.45) is 3.47. The van der Waals surface area contributed by atoms with Crippen LogP contribution in [0, 0.1) is 12.8 Å². The Morgan fingerprint density at radius 2 is 1.92 bits per heavy atom. The molecule has 4 rings (SSSR count). The monoisotopic (exact) mass is 344 g/mol. The SMILES string of the molecule is Cc1ccc2oc(N3CCC(C(=O)NC4CCOCC4)CC3)nc2n1. The molecule has 7 heteroatoms. The Kier molecular flexibility index (Phi) is 4.57. The van der Waals surface area contributed by atoms with Crippen LogP contribution in [0.25, 0.3) is 11.2 Å². The van der Waals surface area contributed by atoms with Crippen LogP contribution in [0.4, 0.5) is 6.01 Å². The van der Waals surface area contributed by atoms with Gasteiger partial charge in [0, 0.05) is 44.0 Å². The minimum atomic E-state index is 0.0730. The van der Waals surface area contributed by atoms with Crippen LogP contribution >= 0.6 is 0 Å². The van der Waals surface area contributed by atoms with Crippen LogP contribution in [-0.4, -0.2) is 48.2 Å². The van der Waals surface area contributed by atoms with Gasteiger partial charge < -0.3 is 19.4 Å². The van der Waals surface area contributed by atoms with Gasteiger partial charge in [-0.25, -0.2) is 4.98 Å². The molecule has 0 aliphatic carbocycles. The number of piperidine rings is 1. The average Bonchev–Trinajstić information content (AvgIpc) is 3.06. The number of rotatable bonds is 3. The van der Waals surface area contributed by atoms with Crippen molar-refractivity contribution in [2.24, 2.45) is 5.92 Å². The molecule has 0 spiro atoms. The van der Waals surface area contributed by atoms with E-state index in [9.17, 15) is 4.79 Å². The summed E-state index contributed by atoms with van der Waals surface area (Å²) in [5.41, 5.74) is 2.28. The highest BCUT2D eigenvalue weighted by atomic mass is 16.5. The summed E-state index contributed by atoms with van der Waals surface area (Å²) >= 11 is 0. The van der Waals surface area contributed by atoms with Gasteiger partial charge in [-0.2, -0.15) is 4.98 Å². The van der Waals surface area contributed by atoms with Crippen molar-refractivity contribution in [1.82, 2.24) is 15.3 Å². The summed E-state index contributed by atoms with van der Waals surface area (Å²) in [4.78, 5) is 23.5. The highest BCUT2D eigenvalue weighted by molar-refractivity contribution is 5.79. The summed E-state index contributed by atoms with van der Waals surface area (Å²) in [6, 6.07) is 4.70. The lowest BCUT2D eigenvalue weighted by atomic mass is 9.95. The van der Waals surface area contributed by atoms with E-state index in [1.807, 2.05) is 19.1 Å². The Labute approximate surface area is 146 Å². The molecule has 7 nitrogen and oxygen atoms in total. The smallest absolute Gasteiger partial charge is 0.299 e. The van der Waals surface area contributed by atoms with Crippen LogP contribution in [0.5, 0.6) is 0 Å². The molecule has 0 unspecified atom stereocenters. The quantitative estimate of drug-likeness (QED) is 0.918. The Balaban J connectivity index is 1.34. The van der Waals surface area contributed by atoms with Gasteiger partial charge in [0.25, 0.3) is 6.01 Å². The Bertz CT molecular complexity index is 746. The fourth-order valence-corrected chi connectivity index (χ4v) is 3.53. The lowest BCUT2D eigenvalue weighted by Gasteiger charge is -2.31. The molecule has 134 valence electrons. The van der Waals surface area contributed by atoms with Crippen LogP contribution in [-0.2, 0) is 9.53 Å². The molecule has 0 saturated carbocycles. The maximum absolute atomic E-state index is 12.5. The fourth-order valence-electron chi connectivity index (χ4n) is 3.53. The lowest BCUT2D eigenvalue weighted by Crippen LogP contribution is -2.45. The van der Waals surface area contributed by atoms with Crippen molar-refractivity contribution in [2.75, 3.05) is 31.2 Å². The number of carbonyl (C=O) groups is 1. The number of anilines is 1. The molecular weight excluding hydrogens is 320 g/mol. The molecule has 0 atom stereocenters. The van der Waals surface area contributed by atoms with Gasteiger partial charge in [0.05, 0.1) is 0 Å². The maximum atomic E-state index is 12.5. The number of amides is 1. The minimum absolute atomic E-state index is 0.0730. The molecule has 2 saturated heterocycles. The van der Waals surface area contributed by atoms with Gasteiger partial charge in [-0.3, -0.25) is 4.79 Å². The largest absolute Gasteiger partial charge is 0.422 e. The molecule has 2 fully saturated rings. The van der Waals surface area contributed by atoms with E-state index in [0.717, 1.165) is 57.7 Å². The van der Waals surface area contributed by atoms with Gasteiger partial charge >= 0.3 is 0 Å². The van der Waals surface area contributed by atoms with E-state index in [4.69, 9.17) is 9.15 Å². The Morgan fingerprint density at radius 1 is 1.16 bits per heavy atom. The first-order valence-electron chi connectivity index (χ1n) is 9.06. The zero-order chi connectivity index (χ0) is 17.2. The number of hydrogen-bond donors (Lipinski definition) is 1. The van der Waals surface area contributed by atoms with Crippen LogP contribution in [0.3, 0.4) is 0 Å². The standard InChI is InChI=1S/C18H24N4O3/c1-12-2-3-15-16(19-12)21-18(25-15)22-8-4-13(5-9-22)17(23)20-14-6-10-24-11-7-14/h2-3,13-14H,4-11H2,1H3,(H,20,23). The number of nitrogens with zero attached hydrogens (tertiary/aromatic N) is 3. The Morgan fingerprint density at radius 3 is 2.68 bits per heavy atom. The molecule has 0 aromatic carbocycles. The second-order valence-corrected chi connectivity index (χ2v) is 6.93.